The molecule has 2 aromatic carbocycles. The molecule has 0 aliphatic rings. The van der Waals surface area contributed by atoms with Gasteiger partial charge in [-0.15, -0.1) is 0 Å². The molecule has 0 radical (unpaired) electrons. The normalized spacial score (nSPS) is 10.3. The van der Waals surface area contributed by atoms with Crippen LogP contribution in [0.1, 0.15) is 0 Å². The van der Waals surface area contributed by atoms with Gasteiger partial charge in [-0.25, -0.2) is 16.8 Å². The van der Waals surface area contributed by atoms with Crippen LogP contribution in [0.5, 0.6) is 0 Å². The maximum Gasteiger partial charge on any atom is 1.00 e. The molecule has 22 heavy (non-hydrogen) atoms. The second kappa shape index (κ2) is 12.5. The molecule has 0 aliphatic heterocycles. The van der Waals surface area contributed by atoms with Gasteiger partial charge in [0.1, 0.15) is 20.2 Å². The molecule has 0 amide bonds. The first kappa shape index (κ1) is 26.3. The zero-order valence-electron chi connectivity index (χ0n) is 12.0. The molecule has 2 rings (SSSR count). The smallest absolute Gasteiger partial charge is 0.744 e. The number of hydrogen-bond acceptors (Lipinski definition) is 6. The van der Waals surface area contributed by atoms with E-state index in [2.05, 4.69) is 0 Å². The number of rotatable bonds is 2. The van der Waals surface area contributed by atoms with Crippen LogP contribution in [0.2, 0.25) is 0 Å². The van der Waals surface area contributed by atoms with E-state index in [9.17, 15) is 25.9 Å². The Kier molecular flexibility index (Phi) is 14.9. The van der Waals surface area contributed by atoms with Crippen molar-refractivity contribution in [3.05, 3.63) is 60.7 Å². The SMILES string of the molecule is O=S(=O)([O-])c1ccccc1.O=S(=O)([O-])c1ccccc1.[Cs+].[Rb+]. The van der Waals surface area contributed by atoms with Crippen LogP contribution in [0.25, 0.3) is 0 Å². The van der Waals surface area contributed by atoms with Gasteiger partial charge in [0.25, 0.3) is 0 Å². The molecule has 0 unspecified atom stereocenters. The van der Waals surface area contributed by atoms with E-state index in [4.69, 9.17) is 0 Å². The van der Waals surface area contributed by atoms with Crippen LogP contribution in [-0.2, 0) is 20.2 Å². The van der Waals surface area contributed by atoms with Crippen LogP contribution in [0.15, 0.2) is 70.5 Å². The van der Waals surface area contributed by atoms with Crippen molar-refractivity contribution in [3.63, 3.8) is 0 Å². The molecule has 0 aliphatic carbocycles. The Bertz CT molecular complexity index is 681. The molecule has 0 saturated carbocycles. The van der Waals surface area contributed by atoms with E-state index in [1.807, 2.05) is 0 Å². The molecule has 10 heteroatoms. The maximum atomic E-state index is 10.3. The molecule has 108 valence electrons. The first-order valence-electron chi connectivity index (χ1n) is 5.23. The summed E-state index contributed by atoms with van der Waals surface area (Å²) in [6.45, 7) is 0. The fraction of sp³-hybridized carbons (Fsp3) is 0. The molecule has 0 saturated heterocycles. The first-order valence-corrected chi connectivity index (χ1v) is 8.05. The van der Waals surface area contributed by atoms with E-state index in [1.54, 1.807) is 12.1 Å². The molecule has 2 aromatic rings. The second-order valence-electron chi connectivity index (χ2n) is 3.53. The Morgan fingerprint density at radius 3 is 0.955 bits per heavy atom. The second-order valence-corrected chi connectivity index (χ2v) is 6.29. The largest absolute Gasteiger partial charge is 1.00 e. The molecule has 6 nitrogen and oxygen atoms in total. The molecular formula is C12H10CsO6RbS2. The number of hydrogen-bond donors (Lipinski definition) is 0. The average Bonchev–Trinajstić information content (AvgIpc) is 2.40. The molecule has 0 aromatic heterocycles. The van der Waals surface area contributed by atoms with Crippen LogP contribution >= 0.6 is 0 Å². The quantitative estimate of drug-likeness (QED) is 0.359. The van der Waals surface area contributed by atoms with E-state index < -0.39 is 20.2 Å². The van der Waals surface area contributed by atoms with Crippen molar-refractivity contribution in [2.45, 2.75) is 9.79 Å². The third kappa shape index (κ3) is 10.9. The minimum absolute atomic E-state index is 0. The van der Waals surface area contributed by atoms with Gasteiger partial charge in [-0.05, 0) is 24.3 Å². The van der Waals surface area contributed by atoms with E-state index >= 15 is 0 Å². The van der Waals surface area contributed by atoms with Crippen molar-refractivity contribution < 1.29 is 153 Å². The summed E-state index contributed by atoms with van der Waals surface area (Å²) in [5.74, 6) is 0. The third-order valence-corrected chi connectivity index (χ3v) is 3.76. The minimum atomic E-state index is -4.25. The van der Waals surface area contributed by atoms with Gasteiger partial charge in [0, 0.05) is 0 Å². The summed E-state index contributed by atoms with van der Waals surface area (Å²) in [4.78, 5) is -0.370. The van der Waals surface area contributed by atoms with Gasteiger partial charge in [0.2, 0.25) is 0 Å². The summed E-state index contributed by atoms with van der Waals surface area (Å²) in [5, 5.41) is 0. The van der Waals surface area contributed by atoms with Crippen LogP contribution < -0.4 is 127 Å². The van der Waals surface area contributed by atoms with E-state index in [0.717, 1.165) is 0 Å². The minimum Gasteiger partial charge on any atom is -0.744 e. The molecule has 0 N–H and O–H groups in total. The zero-order chi connectivity index (χ0) is 15.2. The van der Waals surface area contributed by atoms with Gasteiger partial charge in [0.05, 0.1) is 9.79 Å². The number of benzene rings is 2. The van der Waals surface area contributed by atoms with Crippen LogP contribution in [0, 0.1) is 0 Å². The van der Waals surface area contributed by atoms with Crippen molar-refractivity contribution in [2.75, 3.05) is 0 Å². The van der Waals surface area contributed by atoms with Crippen molar-refractivity contribution in [1.82, 2.24) is 0 Å². The van der Waals surface area contributed by atoms with Crippen molar-refractivity contribution >= 4 is 20.2 Å². The summed E-state index contributed by atoms with van der Waals surface area (Å²) in [7, 11) is -8.51. The fourth-order valence-electron chi connectivity index (χ4n) is 1.17. The zero-order valence-corrected chi connectivity index (χ0v) is 24.9. The van der Waals surface area contributed by atoms with Gasteiger partial charge in [-0.1, -0.05) is 36.4 Å². The standard InChI is InChI=1S/2C6H6O3S.Cs.Rb/c2*7-10(8,9)6-4-2-1-3-5-6;;/h2*1-5H,(H,7,8,9);;/q;;2*+1/p-2. The Balaban J connectivity index is 0. The van der Waals surface area contributed by atoms with Gasteiger partial charge in [0.15, 0.2) is 0 Å². The summed E-state index contributed by atoms with van der Waals surface area (Å²) in [6, 6.07) is 14.4. The summed E-state index contributed by atoms with van der Waals surface area (Å²) in [6.07, 6.45) is 0. The Labute approximate surface area is 237 Å². The van der Waals surface area contributed by atoms with Crippen molar-refractivity contribution in [2.24, 2.45) is 0 Å². The maximum absolute atomic E-state index is 10.3. The summed E-state index contributed by atoms with van der Waals surface area (Å²) in [5.41, 5.74) is 0. The Morgan fingerprint density at radius 2 is 0.818 bits per heavy atom. The molecule has 0 spiro atoms. The van der Waals surface area contributed by atoms with Crippen molar-refractivity contribution in [3.8, 4) is 0 Å². The Hall–Kier alpha value is 2.12. The van der Waals surface area contributed by atoms with Gasteiger partial charge in [-0.3, -0.25) is 0 Å². The van der Waals surface area contributed by atoms with Gasteiger partial charge >= 0.3 is 127 Å². The average molecular weight is 533 g/mol. The van der Waals surface area contributed by atoms with Crippen LogP contribution in [0.4, 0.5) is 0 Å². The third-order valence-electron chi connectivity index (χ3n) is 2.06. The summed E-state index contributed by atoms with van der Waals surface area (Å²) < 4.78 is 61.7. The molecule has 0 bridgehead atoms. The topological polar surface area (TPSA) is 114 Å². The predicted molar refractivity (Wildman–Crippen MR) is 68.8 cm³/mol. The van der Waals surface area contributed by atoms with Crippen molar-refractivity contribution in [1.29, 1.82) is 0 Å². The van der Waals surface area contributed by atoms with E-state index in [-0.39, 0.29) is 137 Å². The molecule has 0 atom stereocenters. The predicted octanol–water partition coefficient (Wildman–Crippen LogP) is -4.81. The molecule has 0 fully saturated rings. The van der Waals surface area contributed by atoms with Crippen LogP contribution in [-0.4, -0.2) is 25.9 Å². The van der Waals surface area contributed by atoms with E-state index in [1.165, 1.54) is 48.5 Å². The molecular weight excluding hydrogens is 523 g/mol. The summed E-state index contributed by atoms with van der Waals surface area (Å²) >= 11 is 0. The van der Waals surface area contributed by atoms with Gasteiger partial charge < -0.3 is 9.11 Å². The van der Waals surface area contributed by atoms with Gasteiger partial charge in [-0.2, -0.15) is 0 Å². The van der Waals surface area contributed by atoms with E-state index in [0.29, 0.717) is 0 Å². The monoisotopic (exact) mass is 532 g/mol. The Morgan fingerprint density at radius 1 is 0.591 bits per heavy atom. The molecule has 0 heterocycles. The fourth-order valence-corrected chi connectivity index (χ4v) is 2.16. The first-order chi connectivity index (χ1) is 9.21. The van der Waals surface area contributed by atoms with Crippen LogP contribution in [0.3, 0.4) is 0 Å².